The number of aromatic amines is 1. The minimum atomic E-state index is -5.10. The van der Waals surface area contributed by atoms with Crippen molar-refractivity contribution >= 4 is 39.9 Å². The third-order valence-electron chi connectivity index (χ3n) is 5.47. The molecule has 3 aromatic carbocycles. The summed E-state index contributed by atoms with van der Waals surface area (Å²) in [6.45, 7) is 0. The van der Waals surface area contributed by atoms with E-state index >= 15 is 0 Å². The summed E-state index contributed by atoms with van der Waals surface area (Å²) in [6.07, 6.45) is -5.10. The molecule has 1 atom stereocenters. The van der Waals surface area contributed by atoms with Crippen molar-refractivity contribution in [3.63, 3.8) is 0 Å². The average Bonchev–Trinajstić information content (AvgIpc) is 3.17. The molecule has 0 fully saturated rings. The van der Waals surface area contributed by atoms with E-state index in [0.717, 1.165) is 19.2 Å². The number of amides is 1. The number of benzene rings is 3. The number of ether oxygens (including phenoxy) is 1. The van der Waals surface area contributed by atoms with E-state index in [0.29, 0.717) is 15.9 Å². The zero-order valence-electron chi connectivity index (χ0n) is 17.7. The first-order valence-electron chi connectivity index (χ1n) is 10.1. The van der Waals surface area contributed by atoms with E-state index in [4.69, 9.17) is 16.3 Å². The highest BCUT2D eigenvalue weighted by Gasteiger charge is 2.62. The molecule has 0 aliphatic carbocycles. The van der Waals surface area contributed by atoms with Crippen molar-refractivity contribution in [2.24, 2.45) is 0 Å². The summed E-state index contributed by atoms with van der Waals surface area (Å²) in [6, 6.07) is 19.3. The number of aromatic nitrogens is 1. The van der Waals surface area contributed by atoms with Crippen molar-refractivity contribution in [3.8, 4) is 0 Å². The van der Waals surface area contributed by atoms with Crippen molar-refractivity contribution < 1.29 is 27.5 Å². The van der Waals surface area contributed by atoms with Gasteiger partial charge in [0.05, 0.1) is 5.69 Å². The number of carbonyl (C=O) groups excluding carboxylic acids is 2. The summed E-state index contributed by atoms with van der Waals surface area (Å²) in [5, 5.41) is 2.98. The molecular weight excluding hydrogens is 469 g/mol. The molecule has 174 valence electrons. The van der Waals surface area contributed by atoms with E-state index in [1.165, 1.54) is 36.4 Å². The highest BCUT2D eigenvalue weighted by atomic mass is 35.5. The molecule has 0 aliphatic heterocycles. The molecule has 34 heavy (non-hydrogen) atoms. The Bertz CT molecular complexity index is 1350. The second-order valence-electron chi connectivity index (χ2n) is 7.46. The predicted molar refractivity (Wildman–Crippen MR) is 123 cm³/mol. The Hall–Kier alpha value is -3.62. The predicted octanol–water partition coefficient (Wildman–Crippen LogP) is 6.10. The van der Waals surface area contributed by atoms with Crippen LogP contribution < -0.4 is 5.32 Å². The number of alkyl halides is 3. The van der Waals surface area contributed by atoms with E-state index in [1.807, 2.05) is 0 Å². The Balaban J connectivity index is 1.88. The lowest BCUT2D eigenvalue weighted by molar-refractivity contribution is -0.263. The highest BCUT2D eigenvalue weighted by Crippen LogP contribution is 2.43. The lowest BCUT2D eigenvalue weighted by atomic mass is 9.91. The molecule has 9 heteroatoms. The van der Waals surface area contributed by atoms with E-state index in [2.05, 4.69) is 10.3 Å². The van der Waals surface area contributed by atoms with Crippen LogP contribution in [0.15, 0.2) is 78.9 Å². The summed E-state index contributed by atoms with van der Waals surface area (Å²) >= 11 is 6.06. The SMILES string of the molecule is CO[C@](C(=O)Nc1c(C(=O)c2ccccc2)[nH]c2cc(Cl)ccc12)(c1ccccc1)C(F)(F)F. The third-order valence-corrected chi connectivity index (χ3v) is 5.70. The van der Waals surface area contributed by atoms with Crippen molar-refractivity contribution in [2.75, 3.05) is 12.4 Å². The maximum Gasteiger partial charge on any atom is 0.430 e. The molecule has 2 N–H and O–H groups in total. The molecule has 1 aromatic heterocycles. The van der Waals surface area contributed by atoms with Gasteiger partial charge >= 0.3 is 6.18 Å². The van der Waals surface area contributed by atoms with Crippen molar-refractivity contribution in [2.45, 2.75) is 11.8 Å². The van der Waals surface area contributed by atoms with Crippen molar-refractivity contribution in [3.05, 3.63) is 101 Å². The maximum atomic E-state index is 14.4. The number of rotatable bonds is 6. The van der Waals surface area contributed by atoms with Gasteiger partial charge in [-0.3, -0.25) is 9.59 Å². The standard InChI is InChI=1S/C25H18ClF3N2O3/c1-34-24(25(27,28)29,16-10-6-3-7-11-16)23(33)31-20-18-13-12-17(26)14-19(18)30-21(20)22(32)15-8-4-2-5-9-15/h2-14,30H,1H3,(H,31,33)/t24-/m0/s1. The normalized spacial score (nSPS) is 13.4. The molecule has 1 heterocycles. The number of carbonyl (C=O) groups is 2. The maximum absolute atomic E-state index is 14.4. The number of H-pyrrole nitrogens is 1. The molecular formula is C25H18ClF3N2O3. The van der Waals surface area contributed by atoms with Gasteiger partial charge in [-0.2, -0.15) is 13.2 Å². The Morgan fingerprint density at radius 2 is 1.56 bits per heavy atom. The van der Waals surface area contributed by atoms with Crippen LogP contribution in [-0.2, 0) is 15.1 Å². The lowest BCUT2D eigenvalue weighted by Crippen LogP contribution is -2.53. The summed E-state index contributed by atoms with van der Waals surface area (Å²) < 4.78 is 47.9. The van der Waals surface area contributed by atoms with Gasteiger partial charge in [-0.15, -0.1) is 0 Å². The number of fused-ring (bicyclic) bond motifs is 1. The average molecular weight is 487 g/mol. The fraction of sp³-hybridized carbons (Fsp3) is 0.120. The molecule has 0 aliphatic rings. The third kappa shape index (κ3) is 3.95. The summed E-state index contributed by atoms with van der Waals surface area (Å²) in [7, 11) is 0.811. The number of halogens is 4. The van der Waals surface area contributed by atoms with Crippen LogP contribution in [0, 0.1) is 0 Å². The number of nitrogens with one attached hydrogen (secondary N) is 2. The summed E-state index contributed by atoms with van der Waals surface area (Å²) in [5.41, 5.74) is -3.24. The molecule has 5 nitrogen and oxygen atoms in total. The Labute approximate surface area is 197 Å². The molecule has 4 rings (SSSR count). The largest absolute Gasteiger partial charge is 0.430 e. The molecule has 0 saturated carbocycles. The number of ketones is 1. The monoisotopic (exact) mass is 486 g/mol. The van der Waals surface area contributed by atoms with Crippen LogP contribution >= 0.6 is 11.6 Å². The molecule has 0 radical (unpaired) electrons. The van der Waals surface area contributed by atoms with E-state index in [-0.39, 0.29) is 16.9 Å². The Kier molecular flexibility index (Phi) is 6.20. The quantitative estimate of drug-likeness (QED) is 0.324. The first kappa shape index (κ1) is 23.5. The highest BCUT2D eigenvalue weighted by molar-refractivity contribution is 6.31. The van der Waals surface area contributed by atoms with E-state index in [9.17, 15) is 22.8 Å². The van der Waals surface area contributed by atoms with Crippen LogP contribution in [0.3, 0.4) is 0 Å². The smallest absolute Gasteiger partial charge is 0.356 e. The van der Waals surface area contributed by atoms with Gasteiger partial charge < -0.3 is 15.0 Å². The van der Waals surface area contributed by atoms with E-state index in [1.54, 1.807) is 30.3 Å². The minimum absolute atomic E-state index is 0.0861. The molecule has 1 amide bonds. The van der Waals surface area contributed by atoms with Gasteiger partial charge in [0.1, 0.15) is 5.69 Å². The van der Waals surface area contributed by atoms with Gasteiger partial charge in [-0.05, 0) is 18.2 Å². The lowest BCUT2D eigenvalue weighted by Gasteiger charge is -2.33. The second kappa shape index (κ2) is 8.96. The number of anilines is 1. The number of hydrogen-bond donors (Lipinski definition) is 2. The van der Waals surface area contributed by atoms with Gasteiger partial charge in [-0.1, -0.05) is 72.3 Å². The van der Waals surface area contributed by atoms with Crippen LogP contribution in [0.2, 0.25) is 5.02 Å². The van der Waals surface area contributed by atoms with Gasteiger partial charge in [0.2, 0.25) is 5.78 Å². The molecule has 4 aromatic rings. The van der Waals surface area contributed by atoms with Crippen LogP contribution in [0.25, 0.3) is 10.9 Å². The number of methoxy groups -OCH3 is 1. The summed E-state index contributed by atoms with van der Waals surface area (Å²) in [4.78, 5) is 29.4. The van der Waals surface area contributed by atoms with Gasteiger partial charge in [-0.25, -0.2) is 0 Å². The Morgan fingerprint density at radius 1 is 0.941 bits per heavy atom. The van der Waals surface area contributed by atoms with Crippen LogP contribution in [0.1, 0.15) is 21.6 Å². The summed E-state index contributed by atoms with van der Waals surface area (Å²) in [5.74, 6) is -2.01. The van der Waals surface area contributed by atoms with E-state index < -0.39 is 29.0 Å². The fourth-order valence-electron chi connectivity index (χ4n) is 3.83. The Morgan fingerprint density at radius 3 is 2.15 bits per heavy atom. The van der Waals surface area contributed by atoms with Crippen LogP contribution in [-0.4, -0.2) is 30.0 Å². The second-order valence-corrected chi connectivity index (χ2v) is 7.90. The van der Waals surface area contributed by atoms with Crippen molar-refractivity contribution in [1.82, 2.24) is 4.98 Å². The molecule has 0 unspecified atom stereocenters. The molecule has 0 spiro atoms. The van der Waals surface area contributed by atoms with Crippen LogP contribution in [0.5, 0.6) is 0 Å². The van der Waals surface area contributed by atoms with Gasteiger partial charge in [0.25, 0.3) is 11.5 Å². The van der Waals surface area contributed by atoms with Gasteiger partial charge in [0.15, 0.2) is 0 Å². The fourth-order valence-corrected chi connectivity index (χ4v) is 4.00. The first-order valence-corrected chi connectivity index (χ1v) is 10.5. The van der Waals surface area contributed by atoms with Gasteiger partial charge in [0, 0.05) is 34.2 Å². The number of hydrogen-bond acceptors (Lipinski definition) is 3. The zero-order valence-corrected chi connectivity index (χ0v) is 18.5. The molecule has 0 bridgehead atoms. The van der Waals surface area contributed by atoms with Crippen molar-refractivity contribution in [1.29, 1.82) is 0 Å². The minimum Gasteiger partial charge on any atom is -0.356 e. The topological polar surface area (TPSA) is 71.2 Å². The first-order chi connectivity index (χ1) is 16.2. The zero-order chi connectivity index (χ0) is 24.5. The molecule has 0 saturated heterocycles. The van der Waals surface area contributed by atoms with Crippen LogP contribution in [0.4, 0.5) is 18.9 Å².